The lowest BCUT2D eigenvalue weighted by Gasteiger charge is -2.31. The van der Waals surface area contributed by atoms with Gasteiger partial charge in [0.25, 0.3) is 0 Å². The van der Waals surface area contributed by atoms with Crippen molar-refractivity contribution in [2.75, 3.05) is 23.8 Å². The Bertz CT molecular complexity index is 501. The van der Waals surface area contributed by atoms with E-state index in [0.29, 0.717) is 0 Å². The van der Waals surface area contributed by atoms with Crippen LogP contribution in [0.1, 0.15) is 31.1 Å². The van der Waals surface area contributed by atoms with Crippen molar-refractivity contribution in [2.24, 2.45) is 0 Å². The summed E-state index contributed by atoms with van der Waals surface area (Å²) in [6, 6.07) is 3.76. The number of nitrogens with zero attached hydrogens (tertiary/aromatic N) is 1. The fourth-order valence-electron chi connectivity index (χ4n) is 1.92. The summed E-state index contributed by atoms with van der Waals surface area (Å²) in [6.45, 7) is 3.85. The zero-order valence-corrected chi connectivity index (χ0v) is 12.2. The van der Waals surface area contributed by atoms with Crippen LogP contribution >= 0.6 is 0 Å². The van der Waals surface area contributed by atoms with Crippen molar-refractivity contribution in [3.05, 3.63) is 23.8 Å². The number of nitrogen functional groups attached to an aromatic ring is 1. The fraction of sp³-hybridized carbons (Fsp3) is 0.500. The number of anilines is 2. The second kappa shape index (κ2) is 6.69. The van der Waals surface area contributed by atoms with E-state index in [9.17, 15) is 18.0 Å². The SMILES string of the molecule is CCOC(=O)c1cc(N)ccc1N(CC(F)(F)F)C(C)C. The number of carbonyl (C=O) groups excluding carboxylic acids is 1. The Labute approximate surface area is 121 Å². The van der Waals surface area contributed by atoms with Crippen molar-refractivity contribution in [3.63, 3.8) is 0 Å². The zero-order chi connectivity index (χ0) is 16.2. The van der Waals surface area contributed by atoms with Crippen LogP contribution in [-0.4, -0.2) is 31.3 Å². The van der Waals surface area contributed by atoms with Gasteiger partial charge in [0.05, 0.1) is 17.9 Å². The molecule has 0 bridgehead atoms. The molecule has 0 atom stereocenters. The molecular weight excluding hydrogens is 285 g/mol. The number of halogens is 3. The maximum absolute atomic E-state index is 12.7. The smallest absolute Gasteiger partial charge is 0.405 e. The largest absolute Gasteiger partial charge is 0.462 e. The topological polar surface area (TPSA) is 55.6 Å². The van der Waals surface area contributed by atoms with E-state index in [0.717, 1.165) is 4.90 Å². The van der Waals surface area contributed by atoms with Crippen LogP contribution < -0.4 is 10.6 Å². The molecule has 0 heterocycles. The Morgan fingerprint density at radius 3 is 2.48 bits per heavy atom. The average molecular weight is 304 g/mol. The maximum atomic E-state index is 12.7. The number of hydrogen-bond donors (Lipinski definition) is 1. The highest BCUT2D eigenvalue weighted by molar-refractivity contribution is 5.97. The van der Waals surface area contributed by atoms with Gasteiger partial charge in [0.1, 0.15) is 6.54 Å². The van der Waals surface area contributed by atoms with E-state index in [1.165, 1.54) is 18.2 Å². The predicted molar refractivity (Wildman–Crippen MR) is 75.3 cm³/mol. The van der Waals surface area contributed by atoms with Gasteiger partial charge in [-0.25, -0.2) is 4.79 Å². The summed E-state index contributed by atoms with van der Waals surface area (Å²) < 4.78 is 43.1. The van der Waals surface area contributed by atoms with E-state index < -0.39 is 24.7 Å². The molecule has 1 aromatic carbocycles. The summed E-state index contributed by atoms with van der Waals surface area (Å²) >= 11 is 0. The van der Waals surface area contributed by atoms with Crippen molar-refractivity contribution in [1.29, 1.82) is 0 Å². The maximum Gasteiger partial charge on any atom is 0.405 e. The van der Waals surface area contributed by atoms with Crippen LogP contribution in [0.25, 0.3) is 0 Å². The van der Waals surface area contributed by atoms with E-state index in [4.69, 9.17) is 10.5 Å². The lowest BCUT2D eigenvalue weighted by Crippen LogP contribution is -2.40. The van der Waals surface area contributed by atoms with Crippen molar-refractivity contribution in [2.45, 2.75) is 33.0 Å². The van der Waals surface area contributed by atoms with Gasteiger partial charge in [-0.05, 0) is 39.0 Å². The van der Waals surface area contributed by atoms with Crippen LogP contribution in [0.4, 0.5) is 24.5 Å². The first-order valence-electron chi connectivity index (χ1n) is 6.55. The monoisotopic (exact) mass is 304 g/mol. The zero-order valence-electron chi connectivity index (χ0n) is 12.2. The molecule has 2 N–H and O–H groups in total. The standard InChI is InChI=1S/C14H19F3N2O2/c1-4-21-13(20)11-7-10(18)5-6-12(11)19(9(2)3)8-14(15,16)17/h5-7,9H,4,8,18H2,1-3H3. The minimum atomic E-state index is -4.38. The molecule has 21 heavy (non-hydrogen) atoms. The summed E-state index contributed by atoms with van der Waals surface area (Å²) in [5.41, 5.74) is 6.10. The second-order valence-electron chi connectivity index (χ2n) is 4.83. The first-order chi connectivity index (χ1) is 9.65. The van der Waals surface area contributed by atoms with E-state index in [-0.39, 0.29) is 23.5 Å². The van der Waals surface area contributed by atoms with Gasteiger partial charge in [-0.2, -0.15) is 13.2 Å². The Kier molecular flexibility index (Phi) is 5.46. The lowest BCUT2D eigenvalue weighted by atomic mass is 10.1. The molecule has 0 unspecified atom stereocenters. The lowest BCUT2D eigenvalue weighted by molar-refractivity contribution is -0.120. The Hall–Kier alpha value is -1.92. The third-order valence-corrected chi connectivity index (χ3v) is 2.80. The van der Waals surface area contributed by atoms with Gasteiger partial charge in [-0.15, -0.1) is 0 Å². The van der Waals surface area contributed by atoms with E-state index >= 15 is 0 Å². The van der Waals surface area contributed by atoms with Crippen molar-refractivity contribution >= 4 is 17.3 Å². The van der Waals surface area contributed by atoms with Crippen LogP contribution in [0.5, 0.6) is 0 Å². The number of carbonyl (C=O) groups is 1. The second-order valence-corrected chi connectivity index (χ2v) is 4.83. The van der Waals surface area contributed by atoms with Gasteiger partial charge in [-0.3, -0.25) is 0 Å². The first kappa shape index (κ1) is 17.1. The molecule has 0 saturated heterocycles. The van der Waals surface area contributed by atoms with Crippen molar-refractivity contribution in [3.8, 4) is 0 Å². The Balaban J connectivity index is 3.27. The third-order valence-electron chi connectivity index (χ3n) is 2.80. The first-order valence-corrected chi connectivity index (χ1v) is 6.55. The molecule has 4 nitrogen and oxygen atoms in total. The molecule has 0 spiro atoms. The van der Waals surface area contributed by atoms with E-state index in [1.807, 2.05) is 0 Å². The molecule has 0 aliphatic carbocycles. The molecule has 0 fully saturated rings. The molecule has 1 aromatic rings. The molecule has 0 amide bonds. The molecule has 1 rings (SSSR count). The van der Waals surface area contributed by atoms with Gasteiger partial charge < -0.3 is 15.4 Å². The van der Waals surface area contributed by atoms with Gasteiger partial charge in [0.2, 0.25) is 0 Å². The molecule has 0 aliphatic rings. The summed E-state index contributed by atoms with van der Waals surface area (Å²) in [7, 11) is 0. The molecular formula is C14H19F3N2O2. The number of hydrogen-bond acceptors (Lipinski definition) is 4. The van der Waals surface area contributed by atoms with Gasteiger partial charge in [-0.1, -0.05) is 0 Å². The van der Waals surface area contributed by atoms with Crippen LogP contribution in [-0.2, 0) is 4.74 Å². The summed E-state index contributed by atoms with van der Waals surface area (Å²) in [5, 5.41) is 0. The number of alkyl halides is 3. The highest BCUT2D eigenvalue weighted by Gasteiger charge is 2.33. The fourth-order valence-corrected chi connectivity index (χ4v) is 1.92. The third kappa shape index (κ3) is 4.84. The van der Waals surface area contributed by atoms with Gasteiger partial charge in [0, 0.05) is 11.7 Å². The Morgan fingerprint density at radius 1 is 1.38 bits per heavy atom. The summed E-state index contributed by atoms with van der Waals surface area (Å²) in [4.78, 5) is 13.0. The number of nitrogens with two attached hydrogens (primary N) is 1. The predicted octanol–water partition coefficient (Wildman–Crippen LogP) is 3.22. The van der Waals surface area contributed by atoms with Gasteiger partial charge >= 0.3 is 12.1 Å². The highest BCUT2D eigenvalue weighted by atomic mass is 19.4. The van der Waals surface area contributed by atoms with Crippen molar-refractivity contribution in [1.82, 2.24) is 0 Å². The quantitative estimate of drug-likeness (QED) is 0.670. The number of rotatable bonds is 5. The molecule has 0 radical (unpaired) electrons. The number of benzene rings is 1. The van der Waals surface area contributed by atoms with Crippen LogP contribution in [0.2, 0.25) is 0 Å². The number of ether oxygens (including phenoxy) is 1. The summed E-state index contributed by atoms with van der Waals surface area (Å²) in [6.07, 6.45) is -4.38. The van der Waals surface area contributed by atoms with Crippen LogP contribution in [0.15, 0.2) is 18.2 Å². The van der Waals surface area contributed by atoms with Crippen LogP contribution in [0, 0.1) is 0 Å². The molecule has 0 aliphatic heterocycles. The van der Waals surface area contributed by atoms with E-state index in [2.05, 4.69) is 0 Å². The molecule has 0 saturated carbocycles. The van der Waals surface area contributed by atoms with Crippen LogP contribution in [0.3, 0.4) is 0 Å². The van der Waals surface area contributed by atoms with E-state index in [1.54, 1.807) is 20.8 Å². The highest BCUT2D eigenvalue weighted by Crippen LogP contribution is 2.29. The normalized spacial score (nSPS) is 11.6. The average Bonchev–Trinajstić information content (AvgIpc) is 2.35. The minimum Gasteiger partial charge on any atom is -0.462 e. The Morgan fingerprint density at radius 2 is 2.00 bits per heavy atom. The molecule has 7 heteroatoms. The molecule has 118 valence electrons. The minimum absolute atomic E-state index is 0.0369. The van der Waals surface area contributed by atoms with Gasteiger partial charge in [0.15, 0.2) is 0 Å². The number of esters is 1. The molecule has 0 aromatic heterocycles. The summed E-state index contributed by atoms with van der Waals surface area (Å²) in [5.74, 6) is -0.687. The van der Waals surface area contributed by atoms with Crippen molar-refractivity contribution < 1.29 is 22.7 Å².